The van der Waals surface area contributed by atoms with Crippen molar-refractivity contribution in [2.24, 2.45) is 0 Å². The number of amides is 1. The molecule has 5 nitrogen and oxygen atoms in total. The van der Waals surface area contributed by atoms with Crippen LogP contribution in [0.1, 0.15) is 6.42 Å². The van der Waals surface area contributed by atoms with E-state index in [-0.39, 0.29) is 28.6 Å². The van der Waals surface area contributed by atoms with Crippen molar-refractivity contribution >= 4 is 44.8 Å². The van der Waals surface area contributed by atoms with Crippen molar-refractivity contribution in [3.8, 4) is 0 Å². The Morgan fingerprint density at radius 2 is 1.75 bits per heavy atom. The summed E-state index contributed by atoms with van der Waals surface area (Å²) in [6.07, 6.45) is -0.168. The molecule has 0 radical (unpaired) electrons. The van der Waals surface area contributed by atoms with Gasteiger partial charge in [-0.05, 0) is 36.4 Å². The molecular formula is C15H13Cl2FN2O3S. The Kier molecular flexibility index (Phi) is 6.17. The first-order valence-electron chi connectivity index (χ1n) is 6.79. The molecule has 0 spiro atoms. The normalized spacial score (nSPS) is 11.3. The van der Waals surface area contributed by atoms with Crippen molar-refractivity contribution in [2.45, 2.75) is 11.3 Å². The zero-order valence-corrected chi connectivity index (χ0v) is 14.6. The molecule has 2 N–H and O–H groups in total. The number of carbonyl (C=O) groups is 1. The molecule has 0 aliphatic rings. The van der Waals surface area contributed by atoms with E-state index < -0.39 is 21.7 Å². The zero-order valence-electron chi connectivity index (χ0n) is 12.2. The molecule has 0 aliphatic heterocycles. The van der Waals surface area contributed by atoms with Gasteiger partial charge in [0, 0.05) is 18.0 Å². The molecule has 128 valence electrons. The molecule has 2 aromatic carbocycles. The first-order valence-corrected chi connectivity index (χ1v) is 9.02. The second-order valence-corrected chi connectivity index (χ2v) is 7.36. The molecule has 0 bridgehead atoms. The maximum Gasteiger partial charge on any atom is 0.240 e. The van der Waals surface area contributed by atoms with Crippen LogP contribution in [0.5, 0.6) is 0 Å². The summed E-state index contributed by atoms with van der Waals surface area (Å²) in [5, 5.41) is 2.63. The molecule has 2 rings (SSSR count). The third-order valence-electron chi connectivity index (χ3n) is 2.99. The summed E-state index contributed by atoms with van der Waals surface area (Å²) < 4.78 is 40.0. The van der Waals surface area contributed by atoms with Crippen molar-refractivity contribution in [1.82, 2.24) is 4.72 Å². The average Bonchev–Trinajstić information content (AvgIpc) is 2.52. The molecule has 0 fully saturated rings. The minimum atomic E-state index is -3.74. The van der Waals surface area contributed by atoms with E-state index in [0.29, 0.717) is 5.02 Å². The van der Waals surface area contributed by atoms with E-state index in [1.54, 1.807) is 0 Å². The van der Waals surface area contributed by atoms with Crippen LogP contribution in [0.25, 0.3) is 0 Å². The molecular weight excluding hydrogens is 378 g/mol. The van der Waals surface area contributed by atoms with Gasteiger partial charge in [-0.15, -0.1) is 0 Å². The molecule has 0 heterocycles. The third-order valence-corrected chi connectivity index (χ3v) is 5.01. The molecule has 0 unspecified atom stereocenters. The van der Waals surface area contributed by atoms with E-state index in [0.717, 1.165) is 0 Å². The van der Waals surface area contributed by atoms with Crippen molar-refractivity contribution in [3.05, 3.63) is 58.3 Å². The van der Waals surface area contributed by atoms with Gasteiger partial charge in [-0.3, -0.25) is 4.79 Å². The summed E-state index contributed by atoms with van der Waals surface area (Å²) in [5.74, 6) is -1.29. The van der Waals surface area contributed by atoms with Crippen LogP contribution in [-0.2, 0) is 14.8 Å². The average molecular weight is 391 g/mol. The van der Waals surface area contributed by atoms with Gasteiger partial charge in [0.1, 0.15) is 0 Å². The number of hydrogen-bond acceptors (Lipinski definition) is 3. The second kappa shape index (κ2) is 7.94. The highest BCUT2D eigenvalue weighted by Crippen LogP contribution is 2.22. The molecule has 0 atom stereocenters. The number of anilines is 1. The summed E-state index contributed by atoms with van der Waals surface area (Å²) in [6.45, 7) is -0.140. The van der Waals surface area contributed by atoms with Crippen LogP contribution in [0.2, 0.25) is 10.0 Å². The largest absolute Gasteiger partial charge is 0.324 e. The molecule has 9 heteroatoms. The van der Waals surface area contributed by atoms with Crippen LogP contribution >= 0.6 is 23.2 Å². The lowest BCUT2D eigenvalue weighted by molar-refractivity contribution is -0.116. The summed E-state index contributed by atoms with van der Waals surface area (Å²) in [7, 11) is -3.74. The van der Waals surface area contributed by atoms with Crippen molar-refractivity contribution in [2.75, 3.05) is 11.9 Å². The summed E-state index contributed by atoms with van der Waals surface area (Å²) in [6, 6.07) is 9.81. The van der Waals surface area contributed by atoms with Gasteiger partial charge in [0.2, 0.25) is 15.9 Å². The van der Waals surface area contributed by atoms with Gasteiger partial charge in [-0.2, -0.15) is 0 Å². The summed E-state index contributed by atoms with van der Waals surface area (Å²) in [4.78, 5) is 11.8. The highest BCUT2D eigenvalue weighted by atomic mass is 35.5. The van der Waals surface area contributed by atoms with Crippen molar-refractivity contribution < 1.29 is 17.6 Å². The van der Waals surface area contributed by atoms with Gasteiger partial charge in [-0.1, -0.05) is 29.3 Å². The number of rotatable bonds is 6. The highest BCUT2D eigenvalue weighted by molar-refractivity contribution is 7.89. The van der Waals surface area contributed by atoms with Crippen LogP contribution in [0.4, 0.5) is 10.1 Å². The predicted molar refractivity (Wildman–Crippen MR) is 91.3 cm³/mol. The van der Waals surface area contributed by atoms with Gasteiger partial charge in [0.15, 0.2) is 5.82 Å². The Hall–Kier alpha value is -1.67. The van der Waals surface area contributed by atoms with Crippen molar-refractivity contribution in [1.29, 1.82) is 0 Å². The Morgan fingerprint density at radius 3 is 2.42 bits per heavy atom. The molecule has 1 amide bonds. The van der Waals surface area contributed by atoms with Crippen molar-refractivity contribution in [3.63, 3.8) is 0 Å². The van der Waals surface area contributed by atoms with Crippen LogP contribution in [0.15, 0.2) is 47.4 Å². The minimum absolute atomic E-state index is 0.0354. The Morgan fingerprint density at radius 1 is 1.08 bits per heavy atom. The molecule has 0 aliphatic carbocycles. The third kappa shape index (κ3) is 4.91. The van der Waals surface area contributed by atoms with Gasteiger partial charge >= 0.3 is 0 Å². The van der Waals surface area contributed by atoms with E-state index in [1.807, 2.05) is 0 Å². The quantitative estimate of drug-likeness (QED) is 0.792. The Labute approximate surface area is 148 Å². The molecule has 0 saturated heterocycles. The van der Waals surface area contributed by atoms with E-state index in [2.05, 4.69) is 10.0 Å². The number of sulfonamides is 1. The van der Waals surface area contributed by atoms with Crippen LogP contribution in [-0.4, -0.2) is 20.9 Å². The predicted octanol–water partition coefficient (Wildman–Crippen LogP) is 3.44. The Balaban J connectivity index is 1.90. The van der Waals surface area contributed by atoms with Gasteiger partial charge in [-0.25, -0.2) is 17.5 Å². The number of hydrogen-bond donors (Lipinski definition) is 2. The van der Waals surface area contributed by atoms with Gasteiger partial charge in [0.25, 0.3) is 0 Å². The number of carbonyl (C=O) groups excluding carboxylic acids is 1. The SMILES string of the molecule is O=C(CCNS(=O)(=O)c1ccc(Cl)cc1)Nc1cccc(Cl)c1F. The summed E-state index contributed by atoms with van der Waals surface area (Å²) >= 11 is 11.3. The lowest BCUT2D eigenvalue weighted by atomic mass is 10.3. The summed E-state index contributed by atoms with van der Waals surface area (Å²) in [5.41, 5.74) is -0.0620. The van der Waals surface area contributed by atoms with Crippen LogP contribution < -0.4 is 10.0 Å². The fourth-order valence-electron chi connectivity index (χ4n) is 1.81. The highest BCUT2D eigenvalue weighted by Gasteiger charge is 2.15. The van der Waals surface area contributed by atoms with E-state index in [1.165, 1.54) is 42.5 Å². The minimum Gasteiger partial charge on any atom is -0.324 e. The van der Waals surface area contributed by atoms with Gasteiger partial charge < -0.3 is 5.32 Å². The smallest absolute Gasteiger partial charge is 0.240 e. The number of benzene rings is 2. The molecule has 0 aromatic heterocycles. The fourth-order valence-corrected chi connectivity index (χ4v) is 3.14. The monoisotopic (exact) mass is 390 g/mol. The lowest BCUT2D eigenvalue weighted by Crippen LogP contribution is -2.28. The van der Waals surface area contributed by atoms with E-state index >= 15 is 0 Å². The number of nitrogens with one attached hydrogen (secondary N) is 2. The van der Waals surface area contributed by atoms with Crippen LogP contribution in [0, 0.1) is 5.82 Å². The zero-order chi connectivity index (χ0) is 17.7. The molecule has 0 saturated carbocycles. The fraction of sp³-hybridized carbons (Fsp3) is 0.133. The Bertz CT molecular complexity index is 842. The lowest BCUT2D eigenvalue weighted by Gasteiger charge is -2.09. The topological polar surface area (TPSA) is 75.3 Å². The molecule has 2 aromatic rings. The number of halogens is 3. The van der Waals surface area contributed by atoms with E-state index in [4.69, 9.17) is 23.2 Å². The molecule has 24 heavy (non-hydrogen) atoms. The van der Waals surface area contributed by atoms with Crippen LogP contribution in [0.3, 0.4) is 0 Å². The van der Waals surface area contributed by atoms with Gasteiger partial charge in [0.05, 0.1) is 15.6 Å². The second-order valence-electron chi connectivity index (χ2n) is 4.75. The van der Waals surface area contributed by atoms with E-state index in [9.17, 15) is 17.6 Å². The first-order chi connectivity index (χ1) is 11.3. The maximum atomic E-state index is 13.7. The first kappa shape index (κ1) is 18.7. The maximum absolute atomic E-state index is 13.7. The standard InChI is InChI=1S/C15H13Cl2FN2O3S/c16-10-4-6-11(7-5-10)24(22,23)19-9-8-14(21)20-13-3-1-2-12(17)15(13)18/h1-7,19H,8-9H2,(H,20,21).